The van der Waals surface area contributed by atoms with Crippen molar-refractivity contribution in [3.05, 3.63) is 51.3 Å². The van der Waals surface area contributed by atoms with Crippen LogP contribution in [0.25, 0.3) is 0 Å². The fourth-order valence-electron chi connectivity index (χ4n) is 1.66. The molecule has 21 heavy (non-hydrogen) atoms. The number of benzene rings is 1. The summed E-state index contributed by atoms with van der Waals surface area (Å²) in [7, 11) is 1.46. The van der Waals surface area contributed by atoms with Gasteiger partial charge >= 0.3 is 5.69 Å². The van der Waals surface area contributed by atoms with Gasteiger partial charge in [-0.3, -0.25) is 19.6 Å². The molecule has 0 aliphatic carbocycles. The first kappa shape index (κ1) is 15.1. The molecule has 0 saturated carbocycles. The van der Waals surface area contributed by atoms with E-state index in [0.717, 1.165) is 12.1 Å². The first-order valence-electron chi connectivity index (χ1n) is 5.66. The Balaban J connectivity index is 2.37. The second-order valence-corrected chi connectivity index (χ2v) is 5.14. The molecule has 0 aliphatic rings. The Bertz CT molecular complexity index is 746. The predicted molar refractivity (Wildman–Crippen MR) is 71.1 cm³/mol. The molecule has 9 heteroatoms. The van der Waals surface area contributed by atoms with Crippen molar-refractivity contribution < 1.29 is 18.5 Å². The molecule has 6 nitrogen and oxygen atoms in total. The van der Waals surface area contributed by atoms with Crippen molar-refractivity contribution in [1.82, 2.24) is 9.78 Å². The van der Waals surface area contributed by atoms with Gasteiger partial charge in [0.25, 0.3) is 5.12 Å². The van der Waals surface area contributed by atoms with Crippen LogP contribution in [-0.4, -0.2) is 19.8 Å². The topological polar surface area (TPSA) is 78.0 Å². The van der Waals surface area contributed by atoms with E-state index in [-0.39, 0.29) is 16.3 Å². The molecule has 1 heterocycles. The van der Waals surface area contributed by atoms with E-state index < -0.39 is 27.4 Å². The maximum Gasteiger partial charge on any atom is 0.321 e. The van der Waals surface area contributed by atoms with E-state index >= 15 is 0 Å². The van der Waals surface area contributed by atoms with Gasteiger partial charge in [-0.05, 0) is 30.8 Å². The number of nitro groups is 1. The van der Waals surface area contributed by atoms with Crippen LogP contribution >= 0.6 is 11.8 Å². The van der Waals surface area contributed by atoms with Crippen molar-refractivity contribution in [2.45, 2.75) is 11.8 Å². The van der Waals surface area contributed by atoms with Gasteiger partial charge in [-0.25, -0.2) is 8.78 Å². The highest BCUT2D eigenvalue weighted by Gasteiger charge is 2.29. The predicted octanol–water partition coefficient (Wildman–Crippen LogP) is 2.85. The number of nitrogens with zero attached hydrogens (tertiary/aromatic N) is 3. The SMILES string of the molecule is Cc1c([N+](=O)[O-])c(C(=O)Sc2ccc(F)cc2F)nn1C. The van der Waals surface area contributed by atoms with Crippen LogP contribution in [0.4, 0.5) is 14.5 Å². The van der Waals surface area contributed by atoms with Crippen molar-refractivity contribution in [2.24, 2.45) is 7.05 Å². The zero-order valence-electron chi connectivity index (χ0n) is 11.0. The summed E-state index contributed by atoms with van der Waals surface area (Å²) in [6.45, 7) is 1.45. The van der Waals surface area contributed by atoms with E-state index in [1.165, 1.54) is 18.7 Å². The number of rotatable bonds is 3. The number of hydrogen-bond donors (Lipinski definition) is 0. The number of carbonyl (C=O) groups excluding carboxylic acids is 1. The van der Waals surface area contributed by atoms with Crippen LogP contribution in [0.15, 0.2) is 23.1 Å². The van der Waals surface area contributed by atoms with Gasteiger partial charge in [-0.15, -0.1) is 0 Å². The molecule has 0 N–H and O–H groups in total. The third-order valence-corrected chi connectivity index (χ3v) is 3.70. The molecular weight excluding hydrogens is 304 g/mol. The summed E-state index contributed by atoms with van der Waals surface area (Å²) in [5.41, 5.74) is -0.574. The molecule has 0 fully saturated rings. The van der Waals surface area contributed by atoms with Crippen LogP contribution in [0, 0.1) is 28.7 Å². The van der Waals surface area contributed by atoms with E-state index in [9.17, 15) is 23.7 Å². The highest BCUT2D eigenvalue weighted by molar-refractivity contribution is 8.14. The molecule has 0 spiro atoms. The average molecular weight is 313 g/mol. The molecular formula is C12H9F2N3O3S. The number of carbonyl (C=O) groups is 1. The van der Waals surface area contributed by atoms with Crippen molar-refractivity contribution in [3.63, 3.8) is 0 Å². The van der Waals surface area contributed by atoms with Crippen LogP contribution in [0.2, 0.25) is 0 Å². The van der Waals surface area contributed by atoms with Gasteiger partial charge in [0, 0.05) is 13.1 Å². The average Bonchev–Trinajstić information content (AvgIpc) is 2.69. The fourth-order valence-corrected chi connectivity index (χ4v) is 2.39. The Hall–Kier alpha value is -2.29. The van der Waals surface area contributed by atoms with E-state index in [1.54, 1.807) is 0 Å². The summed E-state index contributed by atoms with van der Waals surface area (Å²) in [5.74, 6) is -1.69. The summed E-state index contributed by atoms with van der Waals surface area (Å²) >= 11 is 0.425. The van der Waals surface area contributed by atoms with Crippen molar-refractivity contribution in [2.75, 3.05) is 0 Å². The van der Waals surface area contributed by atoms with E-state index in [4.69, 9.17) is 0 Å². The fraction of sp³-hybridized carbons (Fsp3) is 0.167. The third-order valence-electron chi connectivity index (χ3n) is 2.77. The van der Waals surface area contributed by atoms with Crippen molar-refractivity contribution in [3.8, 4) is 0 Å². The van der Waals surface area contributed by atoms with E-state index in [2.05, 4.69) is 5.10 Å². The monoisotopic (exact) mass is 313 g/mol. The van der Waals surface area contributed by atoms with Gasteiger partial charge in [0.15, 0.2) is 0 Å². The van der Waals surface area contributed by atoms with Crippen molar-refractivity contribution >= 4 is 22.6 Å². The molecule has 2 rings (SSSR count). The molecule has 0 aliphatic heterocycles. The third kappa shape index (κ3) is 2.92. The number of aryl methyl sites for hydroxylation is 1. The first-order valence-corrected chi connectivity index (χ1v) is 6.48. The molecule has 1 aromatic heterocycles. The summed E-state index contributed by atoms with van der Waals surface area (Å²) in [6, 6.07) is 2.72. The number of thioether (sulfide) groups is 1. The Morgan fingerprint density at radius 3 is 2.67 bits per heavy atom. The van der Waals surface area contributed by atoms with Gasteiger partial charge in [0.2, 0.25) is 5.69 Å². The minimum Gasteiger partial charge on any atom is -0.279 e. The van der Waals surface area contributed by atoms with Crippen molar-refractivity contribution in [1.29, 1.82) is 0 Å². The molecule has 110 valence electrons. The van der Waals surface area contributed by atoms with E-state index in [0.29, 0.717) is 17.8 Å². The smallest absolute Gasteiger partial charge is 0.279 e. The molecule has 1 aromatic carbocycles. The zero-order valence-corrected chi connectivity index (χ0v) is 11.8. The van der Waals surface area contributed by atoms with Crippen LogP contribution < -0.4 is 0 Å². The lowest BCUT2D eigenvalue weighted by Gasteiger charge is -2.00. The quantitative estimate of drug-likeness (QED) is 0.494. The Kier molecular flexibility index (Phi) is 4.03. The summed E-state index contributed by atoms with van der Waals surface area (Å²) < 4.78 is 27.5. The standard InChI is InChI=1S/C12H9F2N3O3S/c1-6-11(17(19)20)10(15-16(6)2)12(18)21-9-4-3-7(13)5-8(9)14/h3-5H,1-2H3. The summed E-state index contributed by atoms with van der Waals surface area (Å²) in [5, 5.41) is 14.0. The van der Waals surface area contributed by atoms with Crippen LogP contribution in [0.5, 0.6) is 0 Å². The lowest BCUT2D eigenvalue weighted by Crippen LogP contribution is -2.01. The maximum atomic E-state index is 13.5. The lowest BCUT2D eigenvalue weighted by molar-refractivity contribution is -0.385. The molecule has 0 atom stereocenters. The van der Waals surface area contributed by atoms with E-state index in [1.807, 2.05) is 0 Å². The summed E-state index contributed by atoms with van der Waals surface area (Å²) in [4.78, 5) is 22.2. The maximum absolute atomic E-state index is 13.5. The number of halogens is 2. The lowest BCUT2D eigenvalue weighted by atomic mass is 10.3. The largest absolute Gasteiger partial charge is 0.321 e. The second-order valence-electron chi connectivity index (χ2n) is 4.13. The Morgan fingerprint density at radius 1 is 1.43 bits per heavy atom. The van der Waals surface area contributed by atoms with Gasteiger partial charge in [0.05, 0.1) is 9.82 Å². The van der Waals surface area contributed by atoms with Gasteiger partial charge in [-0.2, -0.15) is 5.10 Å². The zero-order chi connectivity index (χ0) is 15.7. The molecule has 0 radical (unpaired) electrons. The first-order chi connectivity index (χ1) is 9.81. The molecule has 0 bridgehead atoms. The van der Waals surface area contributed by atoms with Gasteiger partial charge < -0.3 is 0 Å². The Labute approximate surface area is 121 Å². The molecule has 0 amide bonds. The normalized spacial score (nSPS) is 10.7. The minimum absolute atomic E-state index is 0.126. The van der Waals surface area contributed by atoms with Crippen LogP contribution in [0.3, 0.4) is 0 Å². The highest BCUT2D eigenvalue weighted by atomic mass is 32.2. The number of aromatic nitrogens is 2. The molecule has 0 saturated heterocycles. The minimum atomic E-state index is -0.913. The summed E-state index contributed by atoms with van der Waals surface area (Å²) in [6.07, 6.45) is 0. The van der Waals surface area contributed by atoms with Gasteiger partial charge in [0.1, 0.15) is 17.3 Å². The van der Waals surface area contributed by atoms with Crippen LogP contribution in [0.1, 0.15) is 16.2 Å². The highest BCUT2D eigenvalue weighted by Crippen LogP contribution is 2.30. The Morgan fingerprint density at radius 2 is 2.10 bits per heavy atom. The molecule has 0 unspecified atom stereocenters. The second kappa shape index (κ2) is 5.60. The number of hydrogen-bond acceptors (Lipinski definition) is 5. The van der Waals surface area contributed by atoms with Gasteiger partial charge in [-0.1, -0.05) is 0 Å². The molecule has 2 aromatic rings. The van der Waals surface area contributed by atoms with Crippen LogP contribution in [-0.2, 0) is 7.05 Å².